The van der Waals surface area contributed by atoms with Crippen molar-refractivity contribution in [2.75, 3.05) is 13.2 Å². The molecule has 0 saturated heterocycles. The number of ether oxygens (including phenoxy) is 1. The van der Waals surface area contributed by atoms with E-state index in [1.54, 1.807) is 6.92 Å². The second kappa shape index (κ2) is 8.50. The molecule has 8 heteroatoms. The van der Waals surface area contributed by atoms with Crippen LogP contribution in [0.4, 0.5) is 4.79 Å². The first-order chi connectivity index (χ1) is 10.8. The standard InChI is InChI=1S/C15H25N3O5/c1-3-23-13(21)15(7-5-8-15)12(20)18-11(10(2)19)6-4-9-17-14(16)22/h11H,3-9H2,1-2H3,(H,18,20)(H3,16,17,22)/t11-/m0/s1. The highest BCUT2D eigenvalue weighted by Crippen LogP contribution is 2.42. The molecule has 1 aliphatic carbocycles. The number of ketones is 1. The molecule has 0 unspecified atom stereocenters. The van der Waals surface area contributed by atoms with E-state index < -0.39 is 29.4 Å². The zero-order valence-corrected chi connectivity index (χ0v) is 13.6. The molecule has 1 fully saturated rings. The van der Waals surface area contributed by atoms with Crippen LogP contribution in [-0.2, 0) is 19.1 Å². The summed E-state index contributed by atoms with van der Waals surface area (Å²) in [4.78, 5) is 46.8. The van der Waals surface area contributed by atoms with Gasteiger partial charge >= 0.3 is 12.0 Å². The van der Waals surface area contributed by atoms with Gasteiger partial charge in [0.05, 0.1) is 12.6 Å². The van der Waals surface area contributed by atoms with Gasteiger partial charge < -0.3 is 21.1 Å². The van der Waals surface area contributed by atoms with E-state index in [0.717, 1.165) is 6.42 Å². The van der Waals surface area contributed by atoms with Crippen molar-refractivity contribution in [3.05, 3.63) is 0 Å². The lowest BCUT2D eigenvalue weighted by molar-refractivity contribution is -0.167. The fourth-order valence-electron chi connectivity index (χ4n) is 2.51. The largest absolute Gasteiger partial charge is 0.465 e. The molecule has 1 rings (SSSR count). The van der Waals surface area contributed by atoms with Gasteiger partial charge in [0.2, 0.25) is 5.91 Å². The number of primary amides is 1. The Balaban J connectivity index is 2.60. The van der Waals surface area contributed by atoms with Crippen LogP contribution in [0.1, 0.15) is 46.0 Å². The number of carbonyl (C=O) groups excluding carboxylic acids is 4. The summed E-state index contributed by atoms with van der Waals surface area (Å²) >= 11 is 0. The number of amides is 3. The molecule has 0 aliphatic heterocycles. The van der Waals surface area contributed by atoms with Crippen molar-refractivity contribution >= 4 is 23.7 Å². The summed E-state index contributed by atoms with van der Waals surface area (Å²) in [5.74, 6) is -1.18. The van der Waals surface area contributed by atoms with Gasteiger partial charge in [0.15, 0.2) is 5.78 Å². The van der Waals surface area contributed by atoms with Crippen LogP contribution in [0.2, 0.25) is 0 Å². The SMILES string of the molecule is CCOC(=O)C1(C(=O)N[C@@H](CCCNC(N)=O)C(C)=O)CCC1. The minimum absolute atomic E-state index is 0.198. The number of Topliss-reactive ketones (excluding diaryl/α,β-unsaturated/α-hetero) is 1. The Bertz CT molecular complexity index is 474. The van der Waals surface area contributed by atoms with E-state index in [2.05, 4.69) is 10.6 Å². The molecule has 0 radical (unpaired) electrons. The molecule has 1 aliphatic rings. The van der Waals surface area contributed by atoms with Gasteiger partial charge in [-0.3, -0.25) is 14.4 Å². The maximum atomic E-state index is 12.5. The summed E-state index contributed by atoms with van der Waals surface area (Å²) in [6.07, 6.45) is 2.50. The summed E-state index contributed by atoms with van der Waals surface area (Å²) in [6.45, 7) is 3.59. The third-order valence-electron chi connectivity index (χ3n) is 4.07. The van der Waals surface area contributed by atoms with Gasteiger partial charge in [0.25, 0.3) is 0 Å². The van der Waals surface area contributed by atoms with Crippen LogP contribution in [0, 0.1) is 5.41 Å². The first-order valence-corrected chi connectivity index (χ1v) is 7.85. The molecule has 130 valence electrons. The lowest BCUT2D eigenvalue weighted by atomic mass is 9.68. The Morgan fingerprint density at radius 2 is 1.91 bits per heavy atom. The molecule has 23 heavy (non-hydrogen) atoms. The molecule has 0 aromatic carbocycles. The number of carbonyl (C=O) groups is 4. The second-order valence-electron chi connectivity index (χ2n) is 5.73. The van der Waals surface area contributed by atoms with Crippen LogP contribution >= 0.6 is 0 Å². The number of nitrogens with two attached hydrogens (primary N) is 1. The van der Waals surface area contributed by atoms with E-state index in [-0.39, 0.29) is 12.4 Å². The van der Waals surface area contributed by atoms with Gasteiger partial charge in [-0.25, -0.2) is 4.79 Å². The van der Waals surface area contributed by atoms with Crippen LogP contribution in [0.25, 0.3) is 0 Å². The van der Waals surface area contributed by atoms with Crippen molar-refractivity contribution in [3.63, 3.8) is 0 Å². The van der Waals surface area contributed by atoms with E-state index in [4.69, 9.17) is 10.5 Å². The summed E-state index contributed by atoms with van der Waals surface area (Å²) < 4.78 is 4.99. The van der Waals surface area contributed by atoms with E-state index in [1.165, 1.54) is 6.92 Å². The Labute approximate surface area is 135 Å². The summed E-state index contributed by atoms with van der Waals surface area (Å²) in [5, 5.41) is 5.07. The summed E-state index contributed by atoms with van der Waals surface area (Å²) in [6, 6.07) is -1.33. The number of rotatable bonds is 9. The predicted octanol–water partition coefficient (Wildman–Crippen LogP) is 0.242. The molecule has 8 nitrogen and oxygen atoms in total. The Morgan fingerprint density at radius 3 is 2.35 bits per heavy atom. The molecule has 1 atom stereocenters. The van der Waals surface area contributed by atoms with Crippen molar-refractivity contribution in [2.45, 2.75) is 52.0 Å². The molecule has 0 bridgehead atoms. The zero-order valence-electron chi connectivity index (χ0n) is 13.6. The van der Waals surface area contributed by atoms with Gasteiger partial charge in [0.1, 0.15) is 5.41 Å². The highest BCUT2D eigenvalue weighted by atomic mass is 16.5. The summed E-state index contributed by atoms with van der Waals surface area (Å²) in [5.41, 5.74) is 3.80. The lowest BCUT2D eigenvalue weighted by Crippen LogP contribution is -2.55. The number of esters is 1. The zero-order chi connectivity index (χ0) is 17.5. The molecular formula is C15H25N3O5. The van der Waals surface area contributed by atoms with Gasteiger partial charge in [-0.15, -0.1) is 0 Å². The van der Waals surface area contributed by atoms with E-state index in [9.17, 15) is 19.2 Å². The van der Waals surface area contributed by atoms with Gasteiger partial charge in [0, 0.05) is 6.54 Å². The molecule has 0 aromatic heterocycles. The maximum Gasteiger partial charge on any atom is 0.321 e. The Hall–Kier alpha value is -2.12. The third-order valence-corrected chi connectivity index (χ3v) is 4.07. The molecule has 4 N–H and O–H groups in total. The molecule has 1 saturated carbocycles. The van der Waals surface area contributed by atoms with Crippen molar-refractivity contribution < 1.29 is 23.9 Å². The maximum absolute atomic E-state index is 12.5. The molecule has 3 amide bonds. The number of urea groups is 1. The van der Waals surface area contributed by atoms with Crippen LogP contribution in [-0.4, -0.2) is 42.9 Å². The van der Waals surface area contributed by atoms with Crippen molar-refractivity contribution in [1.29, 1.82) is 0 Å². The fourth-order valence-corrected chi connectivity index (χ4v) is 2.51. The van der Waals surface area contributed by atoms with Crippen molar-refractivity contribution in [2.24, 2.45) is 11.1 Å². The monoisotopic (exact) mass is 327 g/mol. The molecular weight excluding hydrogens is 302 g/mol. The van der Waals surface area contributed by atoms with E-state index in [1.807, 2.05) is 0 Å². The second-order valence-corrected chi connectivity index (χ2v) is 5.73. The van der Waals surface area contributed by atoms with Crippen molar-refractivity contribution in [3.8, 4) is 0 Å². The Kier molecular flexibility index (Phi) is 6.99. The topological polar surface area (TPSA) is 128 Å². The fraction of sp³-hybridized carbons (Fsp3) is 0.733. The third kappa shape index (κ3) is 4.94. The van der Waals surface area contributed by atoms with Crippen LogP contribution < -0.4 is 16.4 Å². The molecule has 0 aromatic rings. The number of nitrogens with one attached hydrogen (secondary N) is 2. The van der Waals surface area contributed by atoms with E-state index in [0.29, 0.717) is 32.2 Å². The molecule has 0 spiro atoms. The average molecular weight is 327 g/mol. The van der Waals surface area contributed by atoms with Crippen LogP contribution in [0.5, 0.6) is 0 Å². The minimum Gasteiger partial charge on any atom is -0.465 e. The average Bonchev–Trinajstić information content (AvgIpc) is 2.40. The number of hydrogen-bond acceptors (Lipinski definition) is 5. The van der Waals surface area contributed by atoms with Crippen LogP contribution in [0.3, 0.4) is 0 Å². The first kappa shape index (κ1) is 18.9. The first-order valence-electron chi connectivity index (χ1n) is 7.85. The van der Waals surface area contributed by atoms with Gasteiger partial charge in [-0.1, -0.05) is 6.42 Å². The quantitative estimate of drug-likeness (QED) is 0.317. The van der Waals surface area contributed by atoms with Gasteiger partial charge in [-0.05, 0) is 39.5 Å². The predicted molar refractivity (Wildman–Crippen MR) is 82.3 cm³/mol. The van der Waals surface area contributed by atoms with Crippen molar-refractivity contribution in [1.82, 2.24) is 10.6 Å². The highest BCUT2D eigenvalue weighted by Gasteiger charge is 2.52. The lowest BCUT2D eigenvalue weighted by Gasteiger charge is -2.38. The summed E-state index contributed by atoms with van der Waals surface area (Å²) in [7, 11) is 0. The van der Waals surface area contributed by atoms with Gasteiger partial charge in [-0.2, -0.15) is 0 Å². The molecule has 0 heterocycles. The minimum atomic E-state index is -1.16. The normalized spacial score (nSPS) is 16.6. The highest BCUT2D eigenvalue weighted by molar-refractivity contribution is 6.04. The van der Waals surface area contributed by atoms with E-state index >= 15 is 0 Å². The Morgan fingerprint density at radius 1 is 1.26 bits per heavy atom. The number of hydrogen-bond donors (Lipinski definition) is 3. The van der Waals surface area contributed by atoms with Crippen LogP contribution in [0.15, 0.2) is 0 Å². The smallest absolute Gasteiger partial charge is 0.321 e.